The summed E-state index contributed by atoms with van der Waals surface area (Å²) >= 11 is 0. The van der Waals surface area contributed by atoms with Crippen LogP contribution in [-0.2, 0) is 9.59 Å². The molecule has 1 rings (SSSR count). The number of nitrogens with one attached hydrogen (secondary N) is 1. The summed E-state index contributed by atoms with van der Waals surface area (Å²) in [5, 5.41) is 11.7. The Labute approximate surface area is 112 Å². The van der Waals surface area contributed by atoms with E-state index >= 15 is 0 Å². The van der Waals surface area contributed by atoms with Crippen molar-refractivity contribution in [1.29, 1.82) is 0 Å². The van der Waals surface area contributed by atoms with Crippen LogP contribution in [-0.4, -0.2) is 22.5 Å². The number of primary amides is 1. The minimum Gasteiger partial charge on any atom is -0.481 e. The molecule has 19 heavy (non-hydrogen) atoms. The minimum atomic E-state index is -0.940. The molecule has 104 valence electrons. The van der Waals surface area contributed by atoms with Crippen LogP contribution in [0.1, 0.15) is 31.7 Å². The number of aryl methyl sites for hydroxylation is 1. The van der Waals surface area contributed by atoms with Gasteiger partial charge in [-0.25, -0.2) is 0 Å². The highest BCUT2D eigenvalue weighted by Crippen LogP contribution is 2.21. The van der Waals surface area contributed by atoms with Crippen LogP contribution in [0.15, 0.2) is 24.3 Å². The maximum Gasteiger partial charge on any atom is 0.303 e. The molecule has 0 aliphatic heterocycles. The molecule has 1 amide bonds. The molecule has 0 bridgehead atoms. The summed E-state index contributed by atoms with van der Waals surface area (Å²) in [7, 11) is 0. The summed E-state index contributed by atoms with van der Waals surface area (Å²) in [6.07, 6.45) is 0.800. The first-order chi connectivity index (χ1) is 8.83. The predicted octanol–water partition coefficient (Wildman–Crippen LogP) is 1.91. The second-order valence-electron chi connectivity index (χ2n) is 4.93. The average molecular weight is 264 g/mol. The highest BCUT2D eigenvalue weighted by Gasteiger charge is 2.30. The molecule has 5 heteroatoms. The number of carbonyl (C=O) groups excluding carboxylic acids is 1. The summed E-state index contributed by atoms with van der Waals surface area (Å²) in [6, 6.07) is 7.60. The van der Waals surface area contributed by atoms with Gasteiger partial charge < -0.3 is 16.2 Å². The maximum atomic E-state index is 11.6. The van der Waals surface area contributed by atoms with Crippen LogP contribution in [0.3, 0.4) is 0 Å². The summed E-state index contributed by atoms with van der Waals surface area (Å²) in [4.78, 5) is 22.1. The topological polar surface area (TPSA) is 92.4 Å². The number of carboxylic acid groups (broad SMARTS) is 1. The molecule has 0 aliphatic rings. The van der Waals surface area contributed by atoms with Crippen molar-refractivity contribution < 1.29 is 14.7 Å². The van der Waals surface area contributed by atoms with E-state index in [9.17, 15) is 9.59 Å². The Balaban J connectivity index is 2.73. The van der Waals surface area contributed by atoms with E-state index in [1.807, 2.05) is 31.2 Å². The van der Waals surface area contributed by atoms with Gasteiger partial charge in [-0.1, -0.05) is 17.7 Å². The van der Waals surface area contributed by atoms with Gasteiger partial charge in [0.25, 0.3) is 0 Å². The van der Waals surface area contributed by atoms with Crippen molar-refractivity contribution in [2.45, 2.75) is 38.6 Å². The van der Waals surface area contributed by atoms with Gasteiger partial charge in [0, 0.05) is 12.1 Å². The number of anilines is 1. The Hall–Kier alpha value is -2.04. The normalized spacial score (nSPS) is 13.6. The molecule has 0 radical (unpaired) electrons. The van der Waals surface area contributed by atoms with Gasteiger partial charge in [0.2, 0.25) is 5.91 Å². The smallest absolute Gasteiger partial charge is 0.303 e. The van der Waals surface area contributed by atoms with E-state index in [1.165, 1.54) is 0 Å². The van der Waals surface area contributed by atoms with E-state index in [4.69, 9.17) is 10.8 Å². The van der Waals surface area contributed by atoms with Crippen molar-refractivity contribution in [3.63, 3.8) is 0 Å². The zero-order valence-electron chi connectivity index (χ0n) is 11.3. The molecule has 1 unspecified atom stereocenters. The van der Waals surface area contributed by atoms with Crippen molar-refractivity contribution in [1.82, 2.24) is 0 Å². The Morgan fingerprint density at radius 3 is 2.37 bits per heavy atom. The number of benzene rings is 1. The van der Waals surface area contributed by atoms with Crippen LogP contribution in [0.4, 0.5) is 5.69 Å². The lowest BCUT2D eigenvalue weighted by Crippen LogP contribution is -2.47. The molecule has 1 aromatic rings. The summed E-state index contributed by atoms with van der Waals surface area (Å²) < 4.78 is 0. The van der Waals surface area contributed by atoms with Crippen LogP contribution in [0.5, 0.6) is 0 Å². The number of amides is 1. The fourth-order valence-electron chi connectivity index (χ4n) is 1.80. The molecule has 0 saturated heterocycles. The first kappa shape index (κ1) is 15.0. The largest absolute Gasteiger partial charge is 0.481 e. The van der Waals surface area contributed by atoms with E-state index in [1.54, 1.807) is 6.92 Å². The Bertz CT molecular complexity index is 456. The molecule has 5 nitrogen and oxygen atoms in total. The van der Waals surface area contributed by atoms with E-state index < -0.39 is 17.4 Å². The maximum absolute atomic E-state index is 11.6. The third-order valence-corrected chi connectivity index (χ3v) is 3.08. The average Bonchev–Trinajstić information content (AvgIpc) is 2.31. The van der Waals surface area contributed by atoms with Crippen molar-refractivity contribution in [2.75, 3.05) is 5.32 Å². The number of hydrogen-bond donors (Lipinski definition) is 3. The first-order valence-corrected chi connectivity index (χ1v) is 6.20. The van der Waals surface area contributed by atoms with E-state index in [2.05, 4.69) is 5.32 Å². The van der Waals surface area contributed by atoms with Gasteiger partial charge in [-0.2, -0.15) is 0 Å². The van der Waals surface area contributed by atoms with E-state index in [-0.39, 0.29) is 6.42 Å². The van der Waals surface area contributed by atoms with Crippen LogP contribution in [0.2, 0.25) is 0 Å². The number of hydrogen-bond acceptors (Lipinski definition) is 3. The number of aliphatic carboxylic acids is 1. The molecule has 0 heterocycles. The lowest BCUT2D eigenvalue weighted by molar-refractivity contribution is -0.137. The van der Waals surface area contributed by atoms with Gasteiger partial charge in [-0.05, 0) is 38.8 Å². The van der Waals surface area contributed by atoms with Crippen molar-refractivity contribution in [3.8, 4) is 0 Å². The monoisotopic (exact) mass is 264 g/mol. The summed E-state index contributed by atoms with van der Waals surface area (Å²) in [5.74, 6) is -1.36. The zero-order chi connectivity index (χ0) is 14.5. The molecule has 1 atom stereocenters. The fourth-order valence-corrected chi connectivity index (χ4v) is 1.80. The SMILES string of the molecule is Cc1ccc(NC(C)(CCCC(=O)O)C(N)=O)cc1. The Morgan fingerprint density at radius 1 is 1.32 bits per heavy atom. The quantitative estimate of drug-likeness (QED) is 0.701. The fraction of sp³-hybridized carbons (Fsp3) is 0.429. The van der Waals surface area contributed by atoms with E-state index in [0.29, 0.717) is 12.8 Å². The highest BCUT2D eigenvalue weighted by molar-refractivity contribution is 5.87. The van der Waals surface area contributed by atoms with Crippen molar-refractivity contribution in [3.05, 3.63) is 29.8 Å². The van der Waals surface area contributed by atoms with E-state index in [0.717, 1.165) is 11.3 Å². The minimum absolute atomic E-state index is 0.0262. The Morgan fingerprint density at radius 2 is 1.89 bits per heavy atom. The van der Waals surface area contributed by atoms with Crippen LogP contribution in [0, 0.1) is 6.92 Å². The van der Waals surface area contributed by atoms with Gasteiger partial charge in [0.05, 0.1) is 0 Å². The van der Waals surface area contributed by atoms with Crippen LogP contribution >= 0.6 is 0 Å². The standard InChI is InChI=1S/C14H20N2O3/c1-10-5-7-11(8-6-10)16-14(2,13(15)19)9-3-4-12(17)18/h5-8,16H,3-4,9H2,1-2H3,(H2,15,19)(H,17,18). The number of carbonyl (C=O) groups is 2. The highest BCUT2D eigenvalue weighted by atomic mass is 16.4. The van der Waals surface area contributed by atoms with Gasteiger partial charge in [0.1, 0.15) is 5.54 Å². The van der Waals surface area contributed by atoms with Crippen molar-refractivity contribution >= 4 is 17.6 Å². The third-order valence-electron chi connectivity index (χ3n) is 3.08. The van der Waals surface area contributed by atoms with Crippen molar-refractivity contribution in [2.24, 2.45) is 5.73 Å². The molecular weight excluding hydrogens is 244 g/mol. The molecular formula is C14H20N2O3. The molecule has 4 N–H and O–H groups in total. The number of carboxylic acids is 1. The summed E-state index contributed by atoms with van der Waals surface area (Å²) in [5.41, 5.74) is 6.39. The second kappa shape index (κ2) is 6.22. The van der Waals surface area contributed by atoms with Crippen LogP contribution < -0.4 is 11.1 Å². The summed E-state index contributed by atoms with van der Waals surface area (Å²) in [6.45, 7) is 3.67. The lowest BCUT2D eigenvalue weighted by Gasteiger charge is -2.28. The van der Waals surface area contributed by atoms with Gasteiger partial charge in [0.15, 0.2) is 0 Å². The number of nitrogens with two attached hydrogens (primary N) is 1. The predicted molar refractivity (Wildman–Crippen MR) is 73.9 cm³/mol. The van der Waals surface area contributed by atoms with Gasteiger partial charge >= 0.3 is 5.97 Å². The first-order valence-electron chi connectivity index (χ1n) is 6.20. The van der Waals surface area contributed by atoms with Gasteiger partial charge in [-0.15, -0.1) is 0 Å². The molecule has 0 aliphatic carbocycles. The zero-order valence-corrected chi connectivity index (χ0v) is 11.3. The molecule has 0 aromatic heterocycles. The van der Waals surface area contributed by atoms with Crippen LogP contribution in [0.25, 0.3) is 0 Å². The molecule has 1 aromatic carbocycles. The Kier molecular flexibility index (Phi) is 4.92. The molecule has 0 saturated carbocycles. The third kappa shape index (κ3) is 4.62. The molecule has 0 fully saturated rings. The second-order valence-corrected chi connectivity index (χ2v) is 4.93. The van der Waals surface area contributed by atoms with Gasteiger partial charge in [-0.3, -0.25) is 9.59 Å². The molecule has 0 spiro atoms. The lowest BCUT2D eigenvalue weighted by atomic mass is 9.93. The number of rotatable bonds is 7.